The number of likely N-dealkylation sites (tertiary alicyclic amines) is 1. The van der Waals surface area contributed by atoms with Gasteiger partial charge in [-0.1, -0.05) is 11.6 Å². The maximum Gasteiger partial charge on any atom is 0.253 e. The van der Waals surface area contributed by atoms with Crippen molar-refractivity contribution in [1.29, 1.82) is 0 Å². The van der Waals surface area contributed by atoms with Gasteiger partial charge in [0, 0.05) is 43.5 Å². The van der Waals surface area contributed by atoms with Gasteiger partial charge in [0.05, 0.1) is 24.0 Å². The van der Waals surface area contributed by atoms with E-state index in [1.165, 1.54) is 0 Å². The normalized spacial score (nSPS) is 23.4. The summed E-state index contributed by atoms with van der Waals surface area (Å²) in [6.07, 6.45) is 4.39. The lowest BCUT2D eigenvalue weighted by molar-refractivity contribution is -0.123. The van der Waals surface area contributed by atoms with E-state index in [2.05, 4.69) is 10.00 Å². The fourth-order valence-electron chi connectivity index (χ4n) is 3.99. The second-order valence-corrected chi connectivity index (χ2v) is 7.85. The molecule has 1 atom stereocenters. The van der Waals surface area contributed by atoms with E-state index in [-0.39, 0.29) is 17.4 Å². The summed E-state index contributed by atoms with van der Waals surface area (Å²) in [5.74, 6) is 0.0559. The number of carbonyl (C=O) groups excluding carboxylic acids is 2. The summed E-state index contributed by atoms with van der Waals surface area (Å²) in [5.41, 5.74) is 1.19. The quantitative estimate of drug-likeness (QED) is 0.786. The monoisotopic (exact) mass is 387 g/mol. The molecule has 7 nitrogen and oxygen atoms in total. The number of anilines is 1. The molecule has 142 valence electrons. The van der Waals surface area contributed by atoms with Crippen LogP contribution in [-0.2, 0) is 11.8 Å². The molecule has 27 heavy (non-hydrogen) atoms. The van der Waals surface area contributed by atoms with Gasteiger partial charge in [-0.3, -0.25) is 19.2 Å². The number of benzene rings is 1. The summed E-state index contributed by atoms with van der Waals surface area (Å²) >= 11 is 5.93. The van der Waals surface area contributed by atoms with E-state index in [0.29, 0.717) is 36.8 Å². The molecule has 1 spiro atoms. The van der Waals surface area contributed by atoms with Crippen molar-refractivity contribution in [3.63, 3.8) is 0 Å². The Balaban J connectivity index is 1.55. The van der Waals surface area contributed by atoms with Crippen LogP contribution < -0.4 is 4.90 Å². The highest BCUT2D eigenvalue weighted by atomic mass is 35.5. The Morgan fingerprint density at radius 2 is 1.93 bits per heavy atom. The number of halogens is 1. The van der Waals surface area contributed by atoms with Crippen molar-refractivity contribution in [1.82, 2.24) is 19.6 Å². The van der Waals surface area contributed by atoms with Crippen LogP contribution in [0.25, 0.3) is 0 Å². The van der Waals surface area contributed by atoms with Crippen molar-refractivity contribution in [2.75, 3.05) is 38.1 Å². The molecule has 0 aliphatic carbocycles. The Kier molecular flexibility index (Phi) is 4.44. The van der Waals surface area contributed by atoms with Gasteiger partial charge in [-0.2, -0.15) is 5.10 Å². The third kappa shape index (κ3) is 3.21. The highest BCUT2D eigenvalue weighted by Crippen LogP contribution is 2.34. The molecule has 2 saturated heterocycles. The van der Waals surface area contributed by atoms with E-state index in [1.807, 2.05) is 25.2 Å². The fourth-order valence-corrected chi connectivity index (χ4v) is 4.11. The van der Waals surface area contributed by atoms with Crippen LogP contribution in [0.5, 0.6) is 0 Å². The SMILES string of the molecule is CN1CC(=O)N(c2cnn(C)c2)CC12CCN(C(=O)c1ccc(Cl)cc1)C2. The van der Waals surface area contributed by atoms with Crippen molar-refractivity contribution in [3.8, 4) is 0 Å². The number of carbonyl (C=O) groups is 2. The predicted molar refractivity (Wildman–Crippen MR) is 103 cm³/mol. The molecule has 1 aromatic heterocycles. The summed E-state index contributed by atoms with van der Waals surface area (Å²) < 4.78 is 1.69. The van der Waals surface area contributed by atoms with Gasteiger partial charge in [-0.15, -0.1) is 0 Å². The van der Waals surface area contributed by atoms with Crippen LogP contribution in [0.4, 0.5) is 5.69 Å². The fraction of sp³-hybridized carbons (Fsp3) is 0.421. The standard InChI is InChI=1S/C19H22ClN5O2/c1-22-11-17(26)25(16-9-21-23(2)10-16)13-19(22)7-8-24(12-19)18(27)14-3-5-15(20)6-4-14/h3-6,9-10H,7-8,11-13H2,1-2H3. The van der Waals surface area contributed by atoms with Crippen LogP contribution in [0.1, 0.15) is 16.8 Å². The van der Waals surface area contributed by atoms with Gasteiger partial charge < -0.3 is 9.80 Å². The molecule has 2 amide bonds. The minimum Gasteiger partial charge on any atom is -0.337 e. The lowest BCUT2D eigenvalue weighted by Crippen LogP contribution is -2.64. The lowest BCUT2D eigenvalue weighted by atomic mass is 9.93. The summed E-state index contributed by atoms with van der Waals surface area (Å²) in [5, 5.41) is 4.80. The second kappa shape index (κ2) is 6.65. The second-order valence-electron chi connectivity index (χ2n) is 7.42. The molecule has 0 N–H and O–H groups in total. The van der Waals surface area contributed by atoms with Crippen molar-refractivity contribution in [2.45, 2.75) is 12.0 Å². The Morgan fingerprint density at radius 3 is 2.59 bits per heavy atom. The third-order valence-corrected chi connectivity index (χ3v) is 5.90. The Hall–Kier alpha value is -2.38. The van der Waals surface area contributed by atoms with E-state index < -0.39 is 0 Å². The van der Waals surface area contributed by atoms with E-state index in [1.54, 1.807) is 40.0 Å². The Morgan fingerprint density at radius 1 is 1.19 bits per heavy atom. The highest BCUT2D eigenvalue weighted by molar-refractivity contribution is 6.30. The van der Waals surface area contributed by atoms with E-state index in [0.717, 1.165) is 12.1 Å². The number of nitrogens with zero attached hydrogens (tertiary/aromatic N) is 5. The minimum absolute atomic E-state index is 0.00164. The molecule has 2 aliphatic rings. The highest BCUT2D eigenvalue weighted by Gasteiger charge is 2.48. The zero-order valence-electron chi connectivity index (χ0n) is 15.4. The minimum atomic E-state index is -0.244. The Bertz CT molecular complexity index is 880. The van der Waals surface area contributed by atoms with E-state index in [4.69, 9.17) is 11.6 Å². The number of rotatable bonds is 2. The molecule has 4 rings (SSSR count). The first-order chi connectivity index (χ1) is 12.9. The number of hydrogen-bond donors (Lipinski definition) is 0. The van der Waals surface area contributed by atoms with Crippen LogP contribution in [0, 0.1) is 0 Å². The van der Waals surface area contributed by atoms with Gasteiger partial charge in [0.1, 0.15) is 0 Å². The number of aryl methyl sites for hydroxylation is 1. The van der Waals surface area contributed by atoms with Crippen LogP contribution in [-0.4, -0.2) is 70.2 Å². The lowest BCUT2D eigenvalue weighted by Gasteiger charge is -2.46. The average molecular weight is 388 g/mol. The predicted octanol–water partition coefficient (Wildman–Crippen LogP) is 1.64. The number of amides is 2. The summed E-state index contributed by atoms with van der Waals surface area (Å²) in [6.45, 7) is 2.15. The van der Waals surface area contributed by atoms with Gasteiger partial charge in [0.2, 0.25) is 5.91 Å². The van der Waals surface area contributed by atoms with Crippen LogP contribution in [0.2, 0.25) is 5.02 Å². The molecule has 2 fully saturated rings. The number of piperazine rings is 1. The first kappa shape index (κ1) is 18.0. The van der Waals surface area contributed by atoms with Crippen LogP contribution >= 0.6 is 11.6 Å². The Labute approximate surface area is 163 Å². The average Bonchev–Trinajstić information content (AvgIpc) is 3.26. The van der Waals surface area contributed by atoms with Gasteiger partial charge in [-0.25, -0.2) is 0 Å². The number of aromatic nitrogens is 2. The molecule has 0 saturated carbocycles. The zero-order chi connectivity index (χ0) is 19.2. The van der Waals surface area contributed by atoms with Gasteiger partial charge >= 0.3 is 0 Å². The smallest absolute Gasteiger partial charge is 0.253 e. The van der Waals surface area contributed by atoms with Gasteiger partial charge in [0.25, 0.3) is 5.91 Å². The number of hydrogen-bond acceptors (Lipinski definition) is 4. The summed E-state index contributed by atoms with van der Waals surface area (Å²) in [7, 11) is 3.80. The number of likely N-dealkylation sites (N-methyl/N-ethyl adjacent to an activating group) is 1. The first-order valence-electron chi connectivity index (χ1n) is 8.93. The van der Waals surface area contributed by atoms with E-state index >= 15 is 0 Å². The largest absolute Gasteiger partial charge is 0.337 e. The maximum atomic E-state index is 12.9. The molecule has 1 aromatic carbocycles. The third-order valence-electron chi connectivity index (χ3n) is 5.65. The first-order valence-corrected chi connectivity index (χ1v) is 9.31. The van der Waals surface area contributed by atoms with Crippen molar-refractivity contribution in [3.05, 3.63) is 47.2 Å². The topological polar surface area (TPSA) is 61.7 Å². The van der Waals surface area contributed by atoms with Crippen molar-refractivity contribution >= 4 is 29.1 Å². The van der Waals surface area contributed by atoms with Gasteiger partial charge in [0.15, 0.2) is 0 Å². The molecule has 0 bridgehead atoms. The molecule has 8 heteroatoms. The molecule has 3 heterocycles. The van der Waals surface area contributed by atoms with Crippen molar-refractivity contribution in [2.24, 2.45) is 7.05 Å². The summed E-state index contributed by atoms with van der Waals surface area (Å²) in [4.78, 5) is 31.2. The van der Waals surface area contributed by atoms with Crippen LogP contribution in [0.3, 0.4) is 0 Å². The molecule has 1 unspecified atom stereocenters. The molecule has 2 aromatic rings. The van der Waals surface area contributed by atoms with Crippen molar-refractivity contribution < 1.29 is 9.59 Å². The molecular weight excluding hydrogens is 366 g/mol. The van der Waals surface area contributed by atoms with E-state index in [9.17, 15) is 9.59 Å². The van der Waals surface area contributed by atoms with Crippen LogP contribution in [0.15, 0.2) is 36.7 Å². The molecule has 0 radical (unpaired) electrons. The summed E-state index contributed by atoms with van der Waals surface area (Å²) in [6, 6.07) is 6.98. The molecular formula is C19H22ClN5O2. The van der Waals surface area contributed by atoms with Gasteiger partial charge in [-0.05, 0) is 37.7 Å². The molecule has 2 aliphatic heterocycles. The maximum absolute atomic E-state index is 12.9. The zero-order valence-corrected chi connectivity index (χ0v) is 16.2.